The number of fused-ring (bicyclic) bond motifs is 5. The standard InChI is InChI=1S/C42H51NO11/c1-22-28(54-38(49)34(53-25(4)45)32(26-15-11-9-12-16-26)43-37(48)27-17-13-10-14-18-27)20-42(50)23(2)35-40(7)21-51-30(40)19-29(46)41(35,8)36(47)33(52-24(3)44)31(22)39(42,5)6/h9-18,23,28-30,32-35,46,50H,19-21H2,1-8H3,(H,43,48)/t23-,28-,29-,30+,32-,33+,34+,35?,40+,41+,42+/m0/s1. The van der Waals surface area contributed by atoms with E-state index >= 15 is 4.79 Å². The second-order valence-corrected chi connectivity index (χ2v) is 16.5. The molecule has 3 aliphatic carbocycles. The largest absolute Gasteiger partial charge is 0.455 e. The van der Waals surface area contributed by atoms with E-state index in [1.165, 1.54) is 6.92 Å². The Kier molecular flexibility index (Phi) is 10.2. The average molecular weight is 746 g/mol. The van der Waals surface area contributed by atoms with Crippen molar-refractivity contribution in [2.24, 2.45) is 28.1 Å². The first-order valence-corrected chi connectivity index (χ1v) is 18.5. The molecule has 11 atom stereocenters. The lowest BCUT2D eigenvalue weighted by Gasteiger charge is -2.68. The first-order chi connectivity index (χ1) is 25.3. The quantitative estimate of drug-likeness (QED) is 0.198. The van der Waals surface area contributed by atoms with Crippen molar-refractivity contribution in [1.82, 2.24) is 5.32 Å². The van der Waals surface area contributed by atoms with Crippen molar-refractivity contribution in [3.63, 3.8) is 0 Å². The fraction of sp³-hybridized carbons (Fsp3) is 0.548. The van der Waals surface area contributed by atoms with Crippen LogP contribution in [0.2, 0.25) is 0 Å². The number of aliphatic hydroxyl groups is 2. The SMILES string of the molecule is CC(=O)O[C@H]1C(=O)[C@@]2(C)C([C@H](C)[C@]3(O)C[C@H](OC(=O)[C@H](OC(C)=O)[C@@H](NC(=O)c4ccccc4)c4ccccc4)C(C)=C1C3(C)C)[C@]1(C)CO[C@@H]1C[C@@H]2O. The fourth-order valence-electron chi connectivity index (χ4n) is 10.3. The first kappa shape index (κ1) is 39.3. The summed E-state index contributed by atoms with van der Waals surface area (Å²) in [6, 6.07) is 15.7. The summed E-state index contributed by atoms with van der Waals surface area (Å²) in [6.07, 6.45) is -5.82. The zero-order chi connectivity index (χ0) is 39.5. The summed E-state index contributed by atoms with van der Waals surface area (Å²) < 4.78 is 23.6. The van der Waals surface area contributed by atoms with Gasteiger partial charge in [-0.05, 0) is 54.5 Å². The fourth-order valence-corrected chi connectivity index (χ4v) is 10.3. The van der Waals surface area contributed by atoms with Gasteiger partial charge in [0.05, 0.1) is 29.8 Å². The number of rotatable bonds is 8. The van der Waals surface area contributed by atoms with Crippen LogP contribution < -0.4 is 5.32 Å². The molecule has 2 aromatic carbocycles. The topological polar surface area (TPSA) is 175 Å². The van der Waals surface area contributed by atoms with Gasteiger partial charge >= 0.3 is 17.9 Å². The number of aliphatic hydroxyl groups excluding tert-OH is 1. The Balaban J connectivity index is 1.46. The Hall–Kier alpha value is -4.39. The highest BCUT2D eigenvalue weighted by molar-refractivity contribution is 5.96. The van der Waals surface area contributed by atoms with Gasteiger partial charge in [0.1, 0.15) is 12.1 Å². The molecule has 4 aliphatic rings. The Labute approximate surface area is 315 Å². The molecule has 0 aromatic heterocycles. The maximum absolute atomic E-state index is 15.0. The molecule has 54 heavy (non-hydrogen) atoms. The van der Waals surface area contributed by atoms with Gasteiger partial charge in [0, 0.05) is 43.1 Å². The van der Waals surface area contributed by atoms with Gasteiger partial charge in [-0.2, -0.15) is 0 Å². The second-order valence-electron chi connectivity index (χ2n) is 16.5. The zero-order valence-electron chi connectivity index (χ0n) is 32.1. The van der Waals surface area contributed by atoms with Crippen molar-refractivity contribution in [3.8, 4) is 0 Å². The smallest absolute Gasteiger partial charge is 0.350 e. The molecular formula is C42H51NO11. The number of hydrogen-bond acceptors (Lipinski definition) is 11. The van der Waals surface area contributed by atoms with Gasteiger partial charge in [-0.3, -0.25) is 19.2 Å². The van der Waals surface area contributed by atoms with E-state index in [4.69, 9.17) is 18.9 Å². The highest BCUT2D eigenvalue weighted by Crippen LogP contribution is 2.67. The molecule has 12 heteroatoms. The van der Waals surface area contributed by atoms with Gasteiger partial charge in [-0.15, -0.1) is 0 Å². The molecule has 1 saturated heterocycles. The van der Waals surface area contributed by atoms with Gasteiger partial charge in [0.15, 0.2) is 11.9 Å². The minimum absolute atomic E-state index is 0.132. The maximum atomic E-state index is 15.0. The number of hydrogen-bond donors (Lipinski definition) is 3. The minimum atomic E-state index is -1.70. The van der Waals surface area contributed by atoms with E-state index in [0.717, 1.165) is 6.92 Å². The van der Waals surface area contributed by atoms with Crippen molar-refractivity contribution < 1.29 is 53.1 Å². The van der Waals surface area contributed by atoms with E-state index in [0.29, 0.717) is 23.3 Å². The Morgan fingerprint density at radius 2 is 1.54 bits per heavy atom. The van der Waals surface area contributed by atoms with Crippen LogP contribution in [-0.4, -0.2) is 82.5 Å². The van der Waals surface area contributed by atoms with Crippen LogP contribution in [0.5, 0.6) is 0 Å². The molecular weight excluding hydrogens is 694 g/mol. The van der Waals surface area contributed by atoms with Gasteiger partial charge in [0.25, 0.3) is 5.91 Å². The number of ether oxygens (including phenoxy) is 4. The Morgan fingerprint density at radius 3 is 2.09 bits per heavy atom. The third-order valence-corrected chi connectivity index (χ3v) is 13.1. The summed E-state index contributed by atoms with van der Waals surface area (Å²) in [7, 11) is 0. The lowest BCUT2D eigenvalue weighted by Crippen LogP contribution is -2.75. The second kappa shape index (κ2) is 14.0. The van der Waals surface area contributed by atoms with Crippen LogP contribution in [0.1, 0.15) is 90.2 Å². The molecule has 1 amide bonds. The normalized spacial score (nSPS) is 35.0. The molecule has 290 valence electrons. The summed E-state index contributed by atoms with van der Waals surface area (Å²) in [4.78, 5) is 68.4. The monoisotopic (exact) mass is 745 g/mol. The Morgan fingerprint density at radius 1 is 0.926 bits per heavy atom. The zero-order valence-corrected chi connectivity index (χ0v) is 32.1. The predicted molar refractivity (Wildman–Crippen MR) is 194 cm³/mol. The summed E-state index contributed by atoms with van der Waals surface area (Å²) in [5.41, 5.74) is -3.54. The number of amides is 1. The van der Waals surface area contributed by atoms with Crippen molar-refractivity contribution in [2.75, 3.05) is 6.61 Å². The minimum Gasteiger partial charge on any atom is -0.455 e. The summed E-state index contributed by atoms with van der Waals surface area (Å²) in [5.74, 6) is -4.89. The number of carbonyl (C=O) groups excluding carboxylic acids is 5. The highest BCUT2D eigenvalue weighted by Gasteiger charge is 2.73. The summed E-state index contributed by atoms with van der Waals surface area (Å²) in [5, 5.41) is 27.8. The third-order valence-electron chi connectivity index (χ3n) is 13.1. The van der Waals surface area contributed by atoms with Gasteiger partial charge < -0.3 is 34.5 Å². The van der Waals surface area contributed by atoms with E-state index in [2.05, 4.69) is 5.32 Å². The number of benzene rings is 2. The van der Waals surface area contributed by atoms with Crippen LogP contribution in [0.25, 0.3) is 0 Å². The molecule has 6 rings (SSSR count). The number of nitrogens with one attached hydrogen (secondary N) is 1. The van der Waals surface area contributed by atoms with Gasteiger partial charge in [-0.1, -0.05) is 76.2 Å². The number of esters is 3. The molecule has 3 fully saturated rings. The maximum Gasteiger partial charge on any atom is 0.350 e. The van der Waals surface area contributed by atoms with E-state index in [9.17, 15) is 29.4 Å². The van der Waals surface area contributed by atoms with Crippen molar-refractivity contribution in [1.29, 1.82) is 0 Å². The van der Waals surface area contributed by atoms with Crippen LogP contribution in [-0.2, 0) is 38.1 Å². The van der Waals surface area contributed by atoms with E-state index < -0.39 is 93.7 Å². The molecule has 1 heterocycles. The molecule has 2 aromatic rings. The molecule has 2 saturated carbocycles. The molecule has 1 aliphatic heterocycles. The van der Waals surface area contributed by atoms with Crippen LogP contribution in [0.3, 0.4) is 0 Å². The van der Waals surface area contributed by atoms with Crippen molar-refractivity contribution in [3.05, 3.63) is 82.9 Å². The highest BCUT2D eigenvalue weighted by atomic mass is 16.6. The average Bonchev–Trinajstić information content (AvgIpc) is 3.12. The van der Waals surface area contributed by atoms with Crippen LogP contribution >= 0.6 is 0 Å². The van der Waals surface area contributed by atoms with Crippen LogP contribution in [0.15, 0.2) is 71.8 Å². The summed E-state index contributed by atoms with van der Waals surface area (Å²) in [6.45, 7) is 13.4. The van der Waals surface area contributed by atoms with E-state index in [1.807, 2.05) is 13.8 Å². The molecule has 1 unspecified atom stereocenters. The van der Waals surface area contributed by atoms with Gasteiger partial charge in [-0.25, -0.2) is 4.79 Å². The molecule has 12 nitrogen and oxygen atoms in total. The summed E-state index contributed by atoms with van der Waals surface area (Å²) >= 11 is 0. The van der Waals surface area contributed by atoms with E-state index in [-0.39, 0.29) is 24.5 Å². The lowest BCUT2D eigenvalue weighted by molar-refractivity contribution is -0.302. The number of ketones is 1. The Bertz CT molecular complexity index is 1860. The van der Waals surface area contributed by atoms with Gasteiger partial charge in [0.2, 0.25) is 6.10 Å². The van der Waals surface area contributed by atoms with Crippen LogP contribution in [0, 0.1) is 28.1 Å². The number of Topliss-reactive ketones (excluding diaryl/α,β-unsaturated/α-hetero) is 1. The van der Waals surface area contributed by atoms with Crippen LogP contribution in [0.4, 0.5) is 0 Å². The molecule has 0 spiro atoms. The van der Waals surface area contributed by atoms with E-state index in [1.54, 1.807) is 88.4 Å². The first-order valence-electron chi connectivity index (χ1n) is 18.5. The molecule has 0 radical (unpaired) electrons. The number of carbonyl (C=O) groups is 5. The lowest BCUT2D eigenvalue weighted by atomic mass is 9.40. The molecule has 2 bridgehead atoms. The van der Waals surface area contributed by atoms with Crippen molar-refractivity contribution >= 4 is 29.6 Å². The van der Waals surface area contributed by atoms with Crippen molar-refractivity contribution in [2.45, 2.75) is 110 Å². The predicted octanol–water partition coefficient (Wildman–Crippen LogP) is 4.42. The molecule has 3 N–H and O–H groups in total. The third kappa shape index (κ3) is 6.16.